The number of hydrogen-bond acceptors (Lipinski definition) is 10. The van der Waals surface area contributed by atoms with Gasteiger partial charge in [0.25, 0.3) is 11.8 Å². The average Bonchev–Trinajstić information content (AvgIpc) is 3.10. The normalized spacial score (nSPS) is 15.1. The molecule has 0 N–H and O–H groups in total. The number of ketones is 4. The summed E-state index contributed by atoms with van der Waals surface area (Å²) in [6, 6.07) is 0. The van der Waals surface area contributed by atoms with E-state index >= 15 is 0 Å². The van der Waals surface area contributed by atoms with Crippen molar-refractivity contribution in [1.29, 1.82) is 0 Å². The van der Waals surface area contributed by atoms with Crippen molar-refractivity contribution < 1.29 is 38.4 Å². The molecule has 14 heteroatoms. The van der Waals surface area contributed by atoms with E-state index in [1.165, 1.54) is 45.5 Å². The van der Waals surface area contributed by atoms with Crippen LogP contribution in [0.4, 0.5) is 0 Å². The predicted octanol–water partition coefficient (Wildman–Crippen LogP) is 3.94. The third kappa shape index (κ3) is 16.9. The molecule has 0 aromatic heterocycles. The van der Waals surface area contributed by atoms with Gasteiger partial charge in [-0.2, -0.15) is 0 Å². The first-order chi connectivity index (χ1) is 22.5. The minimum atomic E-state index is -0.556. The Labute approximate surface area is 287 Å². The summed E-state index contributed by atoms with van der Waals surface area (Å²) in [5, 5.41) is 6.06. The van der Waals surface area contributed by atoms with Gasteiger partial charge >= 0.3 is 0 Å². The Morgan fingerprint density at radius 2 is 0.851 bits per heavy atom. The van der Waals surface area contributed by atoms with Crippen molar-refractivity contribution in [2.24, 2.45) is 0 Å². The molecule has 0 atom stereocenters. The first-order valence-electron chi connectivity index (χ1n) is 16.3. The molecule has 0 unspecified atom stereocenters. The first-order valence-corrected chi connectivity index (χ1v) is 18.4. The van der Waals surface area contributed by atoms with Gasteiger partial charge < -0.3 is 9.80 Å². The van der Waals surface area contributed by atoms with Gasteiger partial charge in [-0.05, 0) is 10.8 Å². The SMILES string of the molecule is CCC(=O)CCN(CCC(=O)CC)C(=O)CCN1C(=O)/C=C/SCS/C=C/C(=O)N1CCC(=O)N(CCC(=O)CC)CCC(=O)CC. The molecule has 0 aromatic carbocycles. The van der Waals surface area contributed by atoms with Crippen LogP contribution in [0.1, 0.15) is 91.9 Å². The number of amides is 4. The summed E-state index contributed by atoms with van der Waals surface area (Å²) in [5.41, 5.74) is 0. The summed E-state index contributed by atoms with van der Waals surface area (Å²) in [5.74, 6) is -1.94. The van der Waals surface area contributed by atoms with Gasteiger partial charge in [0.15, 0.2) is 0 Å². The highest BCUT2D eigenvalue weighted by atomic mass is 32.2. The second-order valence-corrected chi connectivity index (χ2v) is 13.0. The fourth-order valence-corrected chi connectivity index (χ4v) is 5.76. The van der Waals surface area contributed by atoms with E-state index in [2.05, 4.69) is 0 Å². The quantitative estimate of drug-likeness (QED) is 0.163. The van der Waals surface area contributed by atoms with Crippen LogP contribution in [0.25, 0.3) is 0 Å². The van der Waals surface area contributed by atoms with E-state index in [1.807, 2.05) is 0 Å². The molecule has 0 saturated heterocycles. The van der Waals surface area contributed by atoms with Crippen LogP contribution in [0.5, 0.6) is 0 Å². The Kier molecular flexibility index (Phi) is 21.3. The van der Waals surface area contributed by atoms with Gasteiger partial charge in [0, 0.05) is 108 Å². The highest BCUT2D eigenvalue weighted by Gasteiger charge is 2.27. The lowest BCUT2D eigenvalue weighted by molar-refractivity contribution is -0.159. The number of Topliss-reactive ketones (excluding diaryl/α,β-unsaturated/α-hetero) is 4. The van der Waals surface area contributed by atoms with Crippen molar-refractivity contribution in [2.45, 2.75) is 91.9 Å². The fraction of sp³-hybridized carbons (Fsp3) is 0.636. The molecule has 47 heavy (non-hydrogen) atoms. The molecule has 4 amide bonds. The molecule has 1 heterocycles. The van der Waals surface area contributed by atoms with Crippen LogP contribution >= 0.6 is 23.5 Å². The highest BCUT2D eigenvalue weighted by Crippen LogP contribution is 2.17. The van der Waals surface area contributed by atoms with E-state index in [9.17, 15) is 38.4 Å². The van der Waals surface area contributed by atoms with E-state index in [0.29, 0.717) is 30.8 Å². The minimum Gasteiger partial charge on any atom is -0.342 e. The van der Waals surface area contributed by atoms with Crippen molar-refractivity contribution in [3.8, 4) is 0 Å². The van der Waals surface area contributed by atoms with E-state index < -0.39 is 11.8 Å². The summed E-state index contributed by atoms with van der Waals surface area (Å²) in [4.78, 5) is 104. The summed E-state index contributed by atoms with van der Waals surface area (Å²) in [6.07, 6.45) is 4.11. The summed E-state index contributed by atoms with van der Waals surface area (Å²) in [6.45, 7) is 7.13. The van der Waals surface area contributed by atoms with E-state index in [1.54, 1.807) is 38.5 Å². The molecule has 1 aliphatic rings. The molecular formula is C33H50N4O8S2. The lowest BCUT2D eigenvalue weighted by Crippen LogP contribution is -2.51. The van der Waals surface area contributed by atoms with Crippen molar-refractivity contribution in [2.75, 3.05) is 44.4 Å². The molecule has 0 radical (unpaired) electrons. The number of nitrogens with zero attached hydrogens (tertiary/aromatic N) is 4. The Morgan fingerprint density at radius 3 is 1.13 bits per heavy atom. The standard InChI is InChI=1S/C33H50N4O8S2/c1-5-26(38)9-17-34(18-10-27(39)6-2)30(42)13-21-36-32(44)15-23-46-25-47-24-16-33(45)37(36)22-14-31(43)35(19-11-28(40)7-3)20-12-29(41)8-4/h15-16,23-24H,5-14,17-22,25H2,1-4H3/b23-15+,24-16+. The van der Waals surface area contributed by atoms with Gasteiger partial charge in [0.05, 0.1) is 13.1 Å². The smallest absolute Gasteiger partial charge is 0.265 e. The Morgan fingerprint density at radius 1 is 0.553 bits per heavy atom. The van der Waals surface area contributed by atoms with Gasteiger partial charge in [-0.15, -0.1) is 23.5 Å². The average molecular weight is 695 g/mol. The Hall–Kier alpha value is -3.26. The lowest BCUT2D eigenvalue weighted by Gasteiger charge is -2.34. The predicted molar refractivity (Wildman–Crippen MR) is 184 cm³/mol. The van der Waals surface area contributed by atoms with Crippen LogP contribution < -0.4 is 0 Å². The number of rotatable bonds is 22. The molecule has 0 spiro atoms. The number of thioether (sulfide) groups is 2. The van der Waals surface area contributed by atoms with Crippen LogP contribution in [0.15, 0.2) is 23.0 Å². The summed E-state index contributed by atoms with van der Waals surface area (Å²) < 4.78 is 0. The van der Waals surface area contributed by atoms with Crippen molar-refractivity contribution in [1.82, 2.24) is 19.8 Å². The van der Waals surface area contributed by atoms with E-state index in [0.717, 1.165) is 10.0 Å². The van der Waals surface area contributed by atoms with Gasteiger partial charge in [-0.1, -0.05) is 27.7 Å². The van der Waals surface area contributed by atoms with Gasteiger partial charge in [0.1, 0.15) is 23.1 Å². The summed E-state index contributed by atoms with van der Waals surface area (Å²) in [7, 11) is 0. The zero-order valence-electron chi connectivity index (χ0n) is 28.2. The molecule has 1 aliphatic heterocycles. The number of hydrogen-bond donors (Lipinski definition) is 0. The fourth-order valence-electron chi connectivity index (χ4n) is 4.39. The molecule has 0 aliphatic carbocycles. The Bertz CT molecular complexity index is 1050. The molecule has 262 valence electrons. The maximum Gasteiger partial charge on any atom is 0.265 e. The molecule has 1 rings (SSSR count). The van der Waals surface area contributed by atoms with Gasteiger partial charge in [-0.25, -0.2) is 10.0 Å². The number of carbonyl (C=O) groups is 8. The molecule has 0 saturated carbocycles. The van der Waals surface area contributed by atoms with Crippen molar-refractivity contribution >= 4 is 70.3 Å². The molecule has 0 bridgehead atoms. The first kappa shape index (κ1) is 41.8. The molecule has 12 nitrogen and oxygen atoms in total. The third-order valence-electron chi connectivity index (χ3n) is 7.55. The largest absolute Gasteiger partial charge is 0.342 e. The zero-order chi connectivity index (χ0) is 35.2. The van der Waals surface area contributed by atoms with Crippen molar-refractivity contribution in [3.05, 3.63) is 23.0 Å². The second-order valence-electron chi connectivity index (χ2n) is 10.8. The van der Waals surface area contributed by atoms with Gasteiger partial charge in [0.2, 0.25) is 11.8 Å². The molecule has 0 fully saturated rings. The molecular weight excluding hydrogens is 645 g/mol. The van der Waals surface area contributed by atoms with Crippen LogP contribution in [0.3, 0.4) is 0 Å². The second kappa shape index (κ2) is 24.0. The summed E-state index contributed by atoms with van der Waals surface area (Å²) >= 11 is 2.72. The monoisotopic (exact) mass is 694 g/mol. The maximum atomic E-state index is 13.4. The van der Waals surface area contributed by atoms with Crippen molar-refractivity contribution in [3.63, 3.8) is 0 Å². The van der Waals surface area contributed by atoms with E-state index in [-0.39, 0.29) is 113 Å². The lowest BCUT2D eigenvalue weighted by atomic mass is 10.1. The van der Waals surface area contributed by atoms with Crippen LogP contribution in [0, 0.1) is 0 Å². The maximum absolute atomic E-state index is 13.4. The van der Waals surface area contributed by atoms with Crippen LogP contribution in [-0.2, 0) is 38.4 Å². The highest BCUT2D eigenvalue weighted by molar-refractivity contribution is 8.18. The van der Waals surface area contributed by atoms with Crippen LogP contribution in [-0.4, -0.2) is 111 Å². The number of hydrazine groups is 1. The Balaban J connectivity index is 3.24. The number of carbonyl (C=O) groups excluding carboxylic acids is 8. The van der Waals surface area contributed by atoms with E-state index in [4.69, 9.17) is 0 Å². The molecule has 0 aromatic rings. The van der Waals surface area contributed by atoms with Gasteiger partial charge in [-0.3, -0.25) is 38.4 Å². The van der Waals surface area contributed by atoms with Crippen LogP contribution in [0.2, 0.25) is 0 Å². The third-order valence-corrected chi connectivity index (χ3v) is 9.30. The minimum absolute atomic E-state index is 0.0205. The topological polar surface area (TPSA) is 150 Å². The zero-order valence-corrected chi connectivity index (χ0v) is 29.8.